The van der Waals surface area contributed by atoms with Crippen LogP contribution >= 0.6 is 0 Å². The lowest BCUT2D eigenvalue weighted by atomic mass is 9.80. The molecule has 2 aromatic carbocycles. The largest absolute Gasteiger partial charge is 0.416 e. The summed E-state index contributed by atoms with van der Waals surface area (Å²) >= 11 is 0. The lowest BCUT2D eigenvalue weighted by molar-refractivity contribution is -0.137. The number of rotatable bonds is 8. The molecule has 0 heterocycles. The topological polar surface area (TPSA) is 78.8 Å². The van der Waals surface area contributed by atoms with Crippen molar-refractivity contribution in [2.24, 2.45) is 5.10 Å². The van der Waals surface area contributed by atoms with E-state index in [1.165, 1.54) is 6.07 Å². The molecule has 0 aliphatic heterocycles. The molecular formula is C22H26F3N3O3S. The third kappa shape index (κ3) is 7.08. The molecule has 10 heteroatoms. The van der Waals surface area contributed by atoms with Gasteiger partial charge in [-0.3, -0.25) is 9.10 Å². The van der Waals surface area contributed by atoms with Crippen LogP contribution in [-0.2, 0) is 26.4 Å². The molecule has 0 aromatic heterocycles. The molecule has 0 radical (unpaired) electrons. The van der Waals surface area contributed by atoms with Gasteiger partial charge in [0.25, 0.3) is 5.91 Å². The first-order valence-corrected chi connectivity index (χ1v) is 11.6. The number of hydrazone groups is 1. The molecule has 1 amide bonds. The molecule has 0 aliphatic carbocycles. The Morgan fingerprint density at radius 3 is 2.19 bits per heavy atom. The van der Waals surface area contributed by atoms with Gasteiger partial charge in [0.2, 0.25) is 10.0 Å². The highest BCUT2D eigenvalue weighted by molar-refractivity contribution is 7.92. The number of carbonyl (C=O) groups excluding carboxylic acids is 1. The summed E-state index contributed by atoms with van der Waals surface area (Å²) in [7, 11) is -4.02. The van der Waals surface area contributed by atoms with Gasteiger partial charge in [-0.2, -0.15) is 18.3 Å². The summed E-state index contributed by atoms with van der Waals surface area (Å²) in [6.07, 6.45) is -3.30. The van der Waals surface area contributed by atoms with Crippen molar-refractivity contribution in [3.05, 3.63) is 65.7 Å². The van der Waals surface area contributed by atoms with Crippen LogP contribution in [0.3, 0.4) is 0 Å². The Labute approximate surface area is 186 Å². The van der Waals surface area contributed by atoms with Gasteiger partial charge in [-0.15, -0.1) is 0 Å². The van der Waals surface area contributed by atoms with E-state index in [-0.39, 0.29) is 11.1 Å². The second-order valence-electron chi connectivity index (χ2n) is 8.13. The SMILES string of the molecule is C/C(CC(C)(C)c1ccccc1)=N\NC(=O)CN(c1cccc(C(F)(F)F)c1)S(C)(=O)=O. The van der Waals surface area contributed by atoms with E-state index in [9.17, 15) is 26.4 Å². The molecule has 32 heavy (non-hydrogen) atoms. The van der Waals surface area contributed by atoms with Crippen LogP contribution in [-0.4, -0.2) is 32.8 Å². The normalized spacial score (nSPS) is 13.0. The number of benzene rings is 2. The number of amides is 1. The number of halogens is 3. The third-order valence-electron chi connectivity index (χ3n) is 4.77. The van der Waals surface area contributed by atoms with Crippen LogP contribution in [0.25, 0.3) is 0 Å². The van der Waals surface area contributed by atoms with Crippen molar-refractivity contribution in [1.82, 2.24) is 5.43 Å². The number of nitrogens with zero attached hydrogens (tertiary/aromatic N) is 2. The van der Waals surface area contributed by atoms with Crippen LogP contribution in [0.15, 0.2) is 59.7 Å². The quantitative estimate of drug-likeness (QED) is 0.462. The smallest absolute Gasteiger partial charge is 0.271 e. The molecule has 0 aliphatic rings. The van der Waals surface area contributed by atoms with Crippen molar-refractivity contribution in [1.29, 1.82) is 0 Å². The van der Waals surface area contributed by atoms with Gasteiger partial charge in [0.1, 0.15) is 6.54 Å². The average Bonchev–Trinajstić information content (AvgIpc) is 2.69. The lowest BCUT2D eigenvalue weighted by Gasteiger charge is -2.25. The molecule has 0 atom stereocenters. The van der Waals surface area contributed by atoms with Crippen LogP contribution in [0.1, 0.15) is 38.3 Å². The fourth-order valence-electron chi connectivity index (χ4n) is 3.23. The van der Waals surface area contributed by atoms with Gasteiger partial charge in [-0.1, -0.05) is 50.2 Å². The zero-order chi connectivity index (χ0) is 24.2. The average molecular weight is 470 g/mol. The number of carbonyl (C=O) groups is 1. The maximum absolute atomic E-state index is 13.0. The second-order valence-corrected chi connectivity index (χ2v) is 10.0. The van der Waals surface area contributed by atoms with Crippen LogP contribution in [0.2, 0.25) is 0 Å². The zero-order valence-electron chi connectivity index (χ0n) is 18.3. The van der Waals surface area contributed by atoms with E-state index in [4.69, 9.17) is 0 Å². The molecule has 0 spiro atoms. The van der Waals surface area contributed by atoms with Gasteiger partial charge in [-0.25, -0.2) is 13.8 Å². The number of hydrogen-bond acceptors (Lipinski definition) is 4. The Morgan fingerprint density at radius 1 is 1.03 bits per heavy atom. The first kappa shape index (κ1) is 25.4. The second kappa shape index (κ2) is 9.72. The van der Waals surface area contributed by atoms with E-state index in [1.54, 1.807) is 6.92 Å². The van der Waals surface area contributed by atoms with E-state index in [0.29, 0.717) is 22.5 Å². The number of hydrogen-bond donors (Lipinski definition) is 1. The van der Waals surface area contributed by atoms with Gasteiger partial charge in [0.05, 0.1) is 17.5 Å². The summed E-state index contributed by atoms with van der Waals surface area (Å²) in [6.45, 7) is 5.08. The van der Waals surface area contributed by atoms with Gasteiger partial charge < -0.3 is 0 Å². The summed E-state index contributed by atoms with van der Waals surface area (Å²) in [5, 5.41) is 4.04. The van der Waals surface area contributed by atoms with Crippen LogP contribution < -0.4 is 9.73 Å². The zero-order valence-corrected chi connectivity index (χ0v) is 19.1. The maximum Gasteiger partial charge on any atom is 0.416 e. The summed E-state index contributed by atoms with van der Waals surface area (Å²) in [5.41, 5.74) is 2.47. The molecule has 0 unspecified atom stereocenters. The fraction of sp³-hybridized carbons (Fsp3) is 0.364. The van der Waals surface area contributed by atoms with Crippen molar-refractivity contribution in [3.8, 4) is 0 Å². The predicted octanol–water partition coefficient (Wildman–Crippen LogP) is 4.33. The molecule has 0 bridgehead atoms. The van der Waals surface area contributed by atoms with Crippen molar-refractivity contribution >= 4 is 27.3 Å². The van der Waals surface area contributed by atoms with Gasteiger partial charge >= 0.3 is 6.18 Å². The van der Waals surface area contributed by atoms with Crippen LogP contribution in [0.4, 0.5) is 18.9 Å². The number of nitrogens with one attached hydrogen (secondary N) is 1. The van der Waals surface area contributed by atoms with Crippen molar-refractivity contribution < 1.29 is 26.4 Å². The number of anilines is 1. The van der Waals surface area contributed by atoms with Gasteiger partial charge in [0.15, 0.2) is 0 Å². The summed E-state index contributed by atoms with van der Waals surface area (Å²) in [4.78, 5) is 12.3. The maximum atomic E-state index is 13.0. The Morgan fingerprint density at radius 2 is 1.62 bits per heavy atom. The monoisotopic (exact) mass is 469 g/mol. The highest BCUT2D eigenvalue weighted by Crippen LogP contribution is 2.32. The number of sulfonamides is 1. The molecule has 0 saturated carbocycles. The van der Waals surface area contributed by atoms with Crippen LogP contribution in [0, 0.1) is 0 Å². The highest BCUT2D eigenvalue weighted by atomic mass is 32.2. The van der Waals surface area contributed by atoms with E-state index < -0.39 is 34.2 Å². The minimum Gasteiger partial charge on any atom is -0.271 e. The van der Waals surface area contributed by atoms with Crippen molar-refractivity contribution in [2.75, 3.05) is 17.1 Å². The van der Waals surface area contributed by atoms with Gasteiger partial charge in [-0.05, 0) is 42.5 Å². The number of alkyl halides is 3. The Kier molecular flexibility index (Phi) is 7.71. The highest BCUT2D eigenvalue weighted by Gasteiger charge is 2.32. The molecular weight excluding hydrogens is 443 g/mol. The first-order valence-electron chi connectivity index (χ1n) is 9.72. The third-order valence-corrected chi connectivity index (χ3v) is 5.91. The molecule has 1 N–H and O–H groups in total. The Bertz CT molecular complexity index is 1080. The fourth-order valence-corrected chi connectivity index (χ4v) is 4.08. The van der Waals surface area contributed by atoms with Crippen molar-refractivity contribution in [3.63, 3.8) is 0 Å². The molecule has 174 valence electrons. The van der Waals surface area contributed by atoms with E-state index >= 15 is 0 Å². The minimum atomic E-state index is -4.64. The van der Waals surface area contributed by atoms with Crippen molar-refractivity contribution in [2.45, 2.75) is 38.8 Å². The minimum absolute atomic E-state index is 0.254. The lowest BCUT2D eigenvalue weighted by Crippen LogP contribution is -2.39. The molecule has 2 rings (SSSR count). The Hall–Kier alpha value is -2.88. The standard InChI is InChI=1S/C22H26F3N3O3S/c1-16(14-21(2,3)17-9-6-5-7-10-17)26-27-20(29)15-28(32(4,30)31)19-12-8-11-18(13-19)22(23,24)25/h5-13H,14-15H2,1-4H3,(H,27,29)/b26-16+. The molecule has 2 aromatic rings. The summed E-state index contributed by atoms with van der Waals surface area (Å²) < 4.78 is 63.9. The van der Waals surface area contributed by atoms with E-state index in [2.05, 4.69) is 10.5 Å². The predicted molar refractivity (Wildman–Crippen MR) is 119 cm³/mol. The molecule has 0 saturated heterocycles. The van der Waals surface area contributed by atoms with E-state index in [0.717, 1.165) is 24.0 Å². The van der Waals surface area contributed by atoms with Gasteiger partial charge in [0, 0.05) is 5.71 Å². The molecule has 6 nitrogen and oxygen atoms in total. The first-order chi connectivity index (χ1) is 14.7. The summed E-state index contributed by atoms with van der Waals surface area (Å²) in [6, 6.07) is 13.5. The van der Waals surface area contributed by atoms with E-state index in [1.807, 2.05) is 44.2 Å². The van der Waals surface area contributed by atoms with Crippen LogP contribution in [0.5, 0.6) is 0 Å². The summed E-state index contributed by atoms with van der Waals surface area (Å²) in [5.74, 6) is -0.773. The Balaban J connectivity index is 2.13. The molecule has 0 fully saturated rings.